The van der Waals surface area contributed by atoms with Gasteiger partial charge in [0.05, 0.1) is 16.6 Å². The molecule has 2 N–H and O–H groups in total. The highest BCUT2D eigenvalue weighted by Crippen LogP contribution is 2.23. The van der Waals surface area contributed by atoms with Crippen LogP contribution in [0.3, 0.4) is 0 Å². The summed E-state index contributed by atoms with van der Waals surface area (Å²) in [6, 6.07) is 7.48. The summed E-state index contributed by atoms with van der Waals surface area (Å²) in [4.78, 5) is 10.2. The minimum Gasteiger partial charge on any atom is -0.381 e. The topological polar surface area (TPSA) is 83.8 Å². The van der Waals surface area contributed by atoms with Gasteiger partial charge >= 0.3 is 5.00 Å². The maximum atomic E-state index is 10.6. The zero-order valence-corrected chi connectivity index (χ0v) is 10.6. The molecule has 3 rings (SSSR count). The first-order valence-electron chi connectivity index (χ1n) is 5.61. The van der Waals surface area contributed by atoms with Crippen molar-refractivity contribution in [2.75, 3.05) is 5.32 Å². The van der Waals surface area contributed by atoms with Crippen molar-refractivity contribution in [3.05, 3.63) is 51.5 Å². The Morgan fingerprint density at radius 3 is 3.11 bits per heavy atom. The highest BCUT2D eigenvalue weighted by molar-refractivity contribution is 7.13. The summed E-state index contributed by atoms with van der Waals surface area (Å²) in [7, 11) is 0. The number of anilines is 1. The van der Waals surface area contributed by atoms with Gasteiger partial charge in [-0.2, -0.15) is 5.10 Å². The number of hydrogen-bond donors (Lipinski definition) is 2. The maximum Gasteiger partial charge on any atom is 0.324 e. The lowest BCUT2D eigenvalue weighted by molar-refractivity contribution is -0.380. The average Bonchev–Trinajstić information content (AvgIpc) is 3.04. The molecular formula is C12H10N4O2S. The Bertz CT molecular complexity index is 734. The molecule has 0 spiro atoms. The first kappa shape index (κ1) is 11.7. The van der Waals surface area contributed by atoms with E-state index >= 15 is 0 Å². The van der Waals surface area contributed by atoms with Gasteiger partial charge in [0.15, 0.2) is 0 Å². The molecule has 0 aliphatic heterocycles. The van der Waals surface area contributed by atoms with Crippen LogP contribution < -0.4 is 5.32 Å². The highest BCUT2D eigenvalue weighted by atomic mass is 32.1. The van der Waals surface area contributed by atoms with Gasteiger partial charge < -0.3 is 5.32 Å². The Labute approximate surface area is 112 Å². The van der Waals surface area contributed by atoms with Crippen molar-refractivity contribution >= 4 is 32.9 Å². The molecule has 2 heterocycles. The van der Waals surface area contributed by atoms with Gasteiger partial charge in [-0.3, -0.25) is 15.2 Å². The molecule has 6 nitrogen and oxygen atoms in total. The summed E-state index contributed by atoms with van der Waals surface area (Å²) >= 11 is 1.14. The lowest BCUT2D eigenvalue weighted by Gasteiger charge is -2.04. The number of nitro groups is 1. The largest absolute Gasteiger partial charge is 0.381 e. The maximum absolute atomic E-state index is 10.6. The predicted octanol–water partition coefficient (Wildman–Crippen LogP) is 3.14. The predicted molar refractivity (Wildman–Crippen MR) is 74.4 cm³/mol. The van der Waals surface area contributed by atoms with Crippen LogP contribution in [0.1, 0.15) is 5.56 Å². The fourth-order valence-electron chi connectivity index (χ4n) is 1.80. The number of aromatic amines is 1. The van der Waals surface area contributed by atoms with Crippen LogP contribution in [0.25, 0.3) is 10.9 Å². The molecule has 3 aromatic rings. The van der Waals surface area contributed by atoms with E-state index in [2.05, 4.69) is 15.5 Å². The van der Waals surface area contributed by atoms with E-state index in [9.17, 15) is 10.1 Å². The van der Waals surface area contributed by atoms with E-state index in [0.29, 0.717) is 6.54 Å². The lowest BCUT2D eigenvalue weighted by Crippen LogP contribution is -1.97. The third-order valence-corrected chi connectivity index (χ3v) is 3.69. The van der Waals surface area contributed by atoms with Gasteiger partial charge in [-0.25, -0.2) is 0 Å². The van der Waals surface area contributed by atoms with E-state index in [1.165, 1.54) is 0 Å². The van der Waals surface area contributed by atoms with Gasteiger partial charge in [-0.1, -0.05) is 11.3 Å². The molecule has 2 aromatic heterocycles. The molecule has 0 radical (unpaired) electrons. The minimum atomic E-state index is -0.370. The zero-order chi connectivity index (χ0) is 13.2. The van der Waals surface area contributed by atoms with Gasteiger partial charge in [0.2, 0.25) is 0 Å². The molecule has 1 aromatic carbocycles. The van der Waals surface area contributed by atoms with E-state index in [0.717, 1.165) is 33.5 Å². The van der Waals surface area contributed by atoms with Crippen LogP contribution in [0, 0.1) is 10.1 Å². The van der Waals surface area contributed by atoms with E-state index in [4.69, 9.17) is 0 Å². The number of fused-ring (bicyclic) bond motifs is 1. The van der Waals surface area contributed by atoms with Crippen molar-refractivity contribution in [3.8, 4) is 0 Å². The van der Waals surface area contributed by atoms with E-state index in [1.807, 2.05) is 18.2 Å². The normalized spacial score (nSPS) is 10.7. The number of thiophene rings is 1. The fraction of sp³-hybridized carbons (Fsp3) is 0.0833. The number of H-pyrrole nitrogens is 1. The number of nitrogens with one attached hydrogen (secondary N) is 2. The number of nitrogens with zero attached hydrogens (tertiary/aromatic N) is 2. The molecular weight excluding hydrogens is 264 g/mol. The second-order valence-corrected chi connectivity index (χ2v) is 4.97. The molecule has 0 fully saturated rings. The second kappa shape index (κ2) is 4.69. The van der Waals surface area contributed by atoms with E-state index in [1.54, 1.807) is 17.6 Å². The summed E-state index contributed by atoms with van der Waals surface area (Å²) < 4.78 is 0. The summed E-state index contributed by atoms with van der Waals surface area (Å²) in [5.74, 6) is 0. The third kappa shape index (κ3) is 2.41. The Balaban J connectivity index is 1.72. The van der Waals surface area contributed by atoms with Crippen LogP contribution in [0.4, 0.5) is 10.7 Å². The second-order valence-electron chi connectivity index (χ2n) is 4.08. The molecule has 0 aliphatic rings. The number of hydrogen-bond acceptors (Lipinski definition) is 5. The first-order chi connectivity index (χ1) is 9.22. The van der Waals surface area contributed by atoms with Crippen molar-refractivity contribution in [1.29, 1.82) is 0 Å². The molecule has 0 unspecified atom stereocenters. The quantitative estimate of drug-likeness (QED) is 0.565. The van der Waals surface area contributed by atoms with Crippen LogP contribution in [-0.2, 0) is 6.54 Å². The van der Waals surface area contributed by atoms with Crippen molar-refractivity contribution in [1.82, 2.24) is 10.2 Å². The van der Waals surface area contributed by atoms with Gasteiger partial charge in [0.25, 0.3) is 0 Å². The summed E-state index contributed by atoms with van der Waals surface area (Å²) in [6.07, 6.45) is 1.77. The number of aromatic nitrogens is 2. The SMILES string of the molecule is O=[N+]([O-])c1cc(CNc2ccc3cn[nH]c3c2)cs1. The van der Waals surface area contributed by atoms with Crippen LogP contribution >= 0.6 is 11.3 Å². The molecule has 0 aliphatic carbocycles. The molecule has 19 heavy (non-hydrogen) atoms. The van der Waals surface area contributed by atoms with Crippen LogP contribution in [0.15, 0.2) is 35.8 Å². The van der Waals surface area contributed by atoms with E-state index in [-0.39, 0.29) is 9.92 Å². The Morgan fingerprint density at radius 1 is 1.42 bits per heavy atom. The number of rotatable bonds is 4. The van der Waals surface area contributed by atoms with Gasteiger partial charge in [0.1, 0.15) is 0 Å². The molecule has 96 valence electrons. The molecule has 0 saturated heterocycles. The first-order valence-corrected chi connectivity index (χ1v) is 6.49. The Kier molecular flexibility index (Phi) is 2.88. The highest BCUT2D eigenvalue weighted by Gasteiger charge is 2.09. The van der Waals surface area contributed by atoms with Crippen LogP contribution in [0.5, 0.6) is 0 Å². The van der Waals surface area contributed by atoms with Crippen molar-refractivity contribution in [3.63, 3.8) is 0 Å². The molecule has 0 bridgehead atoms. The lowest BCUT2D eigenvalue weighted by atomic mass is 10.2. The minimum absolute atomic E-state index is 0.167. The van der Waals surface area contributed by atoms with Crippen molar-refractivity contribution < 1.29 is 4.92 Å². The molecule has 0 saturated carbocycles. The monoisotopic (exact) mass is 274 g/mol. The zero-order valence-electron chi connectivity index (χ0n) is 9.79. The fourth-order valence-corrected chi connectivity index (χ4v) is 2.53. The Morgan fingerprint density at radius 2 is 2.32 bits per heavy atom. The summed E-state index contributed by atoms with van der Waals surface area (Å²) in [5, 5.41) is 23.7. The third-order valence-electron chi connectivity index (χ3n) is 2.76. The van der Waals surface area contributed by atoms with Gasteiger partial charge in [0, 0.05) is 29.1 Å². The van der Waals surface area contributed by atoms with Crippen molar-refractivity contribution in [2.24, 2.45) is 0 Å². The molecule has 0 atom stereocenters. The van der Waals surface area contributed by atoms with E-state index < -0.39 is 0 Å². The van der Waals surface area contributed by atoms with Gasteiger partial charge in [-0.15, -0.1) is 0 Å². The standard InChI is InChI=1S/C12H10N4O2S/c17-16(18)12-3-8(7-19-12)5-13-10-2-1-9-6-14-15-11(9)4-10/h1-4,6-7,13H,5H2,(H,14,15). The average molecular weight is 274 g/mol. The van der Waals surface area contributed by atoms with Crippen molar-refractivity contribution in [2.45, 2.75) is 6.54 Å². The van der Waals surface area contributed by atoms with Crippen LogP contribution in [-0.4, -0.2) is 15.1 Å². The smallest absolute Gasteiger partial charge is 0.324 e. The van der Waals surface area contributed by atoms with Gasteiger partial charge in [-0.05, 0) is 23.8 Å². The molecule has 0 amide bonds. The summed E-state index contributed by atoms with van der Waals surface area (Å²) in [6.45, 7) is 0.560. The Hall–Kier alpha value is -2.41. The van der Waals surface area contributed by atoms with Crippen LogP contribution in [0.2, 0.25) is 0 Å². The molecule has 7 heteroatoms. The number of benzene rings is 1. The summed E-state index contributed by atoms with van der Waals surface area (Å²) in [5.41, 5.74) is 2.81.